The van der Waals surface area contributed by atoms with Gasteiger partial charge < -0.3 is 9.64 Å². The zero-order chi connectivity index (χ0) is 18.2. The maximum atomic E-state index is 12.3. The number of anilines is 1. The number of esters is 1. The summed E-state index contributed by atoms with van der Waals surface area (Å²) in [6.07, 6.45) is 1.59. The third-order valence-corrected chi connectivity index (χ3v) is 5.51. The van der Waals surface area contributed by atoms with E-state index < -0.39 is 5.97 Å². The second kappa shape index (κ2) is 6.48. The monoisotopic (exact) mass is 355 g/mol. The van der Waals surface area contributed by atoms with Crippen molar-refractivity contribution in [1.82, 2.24) is 0 Å². The minimum atomic E-state index is -0.452. The molecule has 0 spiro atoms. The number of thiophene rings is 1. The van der Waals surface area contributed by atoms with Crippen molar-refractivity contribution in [3.8, 4) is 0 Å². The summed E-state index contributed by atoms with van der Waals surface area (Å²) in [6, 6.07) is 11.7. The number of allylic oxidation sites excluding steroid dienone is 1. The SMILES string of the molecule is Cc1ccc(C(=O)OCC(=O)C=C2N(C)c3ccccc3C2(C)C)s1. The van der Waals surface area contributed by atoms with E-state index in [-0.39, 0.29) is 17.8 Å². The van der Waals surface area contributed by atoms with Gasteiger partial charge in [-0.2, -0.15) is 0 Å². The fourth-order valence-corrected chi connectivity index (χ4v) is 3.97. The van der Waals surface area contributed by atoms with Crippen LogP contribution in [-0.2, 0) is 14.9 Å². The van der Waals surface area contributed by atoms with Gasteiger partial charge in [-0.1, -0.05) is 32.0 Å². The standard InChI is InChI=1S/C20H21NO3S/c1-13-9-10-17(25-13)19(23)24-12-14(22)11-18-20(2,3)15-7-5-6-8-16(15)21(18)4/h5-11H,12H2,1-4H3. The number of benzene rings is 1. The number of rotatable bonds is 4. The molecule has 0 bridgehead atoms. The molecule has 25 heavy (non-hydrogen) atoms. The number of nitrogens with zero attached hydrogens (tertiary/aromatic N) is 1. The van der Waals surface area contributed by atoms with Gasteiger partial charge in [-0.15, -0.1) is 11.3 Å². The quantitative estimate of drug-likeness (QED) is 0.612. The lowest BCUT2D eigenvalue weighted by Crippen LogP contribution is -2.25. The first kappa shape index (κ1) is 17.4. The first-order valence-corrected chi connectivity index (χ1v) is 8.94. The number of para-hydroxylation sites is 1. The molecule has 130 valence electrons. The summed E-state index contributed by atoms with van der Waals surface area (Å²) >= 11 is 1.36. The van der Waals surface area contributed by atoms with Crippen molar-refractivity contribution >= 4 is 28.8 Å². The molecule has 3 rings (SSSR count). The Labute approximate surface area is 151 Å². The molecule has 0 atom stereocenters. The Morgan fingerprint density at radius 1 is 1.20 bits per heavy atom. The predicted molar refractivity (Wildman–Crippen MR) is 100 cm³/mol. The van der Waals surface area contributed by atoms with Gasteiger partial charge in [0, 0.05) is 34.8 Å². The lowest BCUT2D eigenvalue weighted by atomic mass is 9.83. The van der Waals surface area contributed by atoms with E-state index in [9.17, 15) is 9.59 Å². The Balaban J connectivity index is 1.72. The summed E-state index contributed by atoms with van der Waals surface area (Å²) in [5.41, 5.74) is 2.91. The molecule has 0 N–H and O–H groups in total. The smallest absolute Gasteiger partial charge is 0.348 e. The second-order valence-corrected chi connectivity index (χ2v) is 7.97. The van der Waals surface area contributed by atoms with Crippen LogP contribution in [-0.4, -0.2) is 25.4 Å². The van der Waals surface area contributed by atoms with Gasteiger partial charge in [0.1, 0.15) is 4.88 Å². The molecular weight excluding hydrogens is 334 g/mol. The summed E-state index contributed by atoms with van der Waals surface area (Å²) in [4.78, 5) is 27.9. The Bertz CT molecular complexity index is 863. The van der Waals surface area contributed by atoms with Gasteiger partial charge in [0.15, 0.2) is 12.4 Å². The highest BCUT2D eigenvalue weighted by molar-refractivity contribution is 7.13. The molecule has 0 radical (unpaired) electrons. The van der Waals surface area contributed by atoms with E-state index in [2.05, 4.69) is 19.9 Å². The number of hydrogen-bond acceptors (Lipinski definition) is 5. The Hall–Kier alpha value is -2.40. The third-order valence-electron chi connectivity index (χ3n) is 4.53. The molecule has 1 aliphatic rings. The molecule has 0 amide bonds. The zero-order valence-electron chi connectivity index (χ0n) is 14.8. The number of fused-ring (bicyclic) bond motifs is 1. The Morgan fingerprint density at radius 3 is 2.56 bits per heavy atom. The van der Waals surface area contributed by atoms with Crippen LogP contribution in [0.25, 0.3) is 0 Å². The summed E-state index contributed by atoms with van der Waals surface area (Å²) in [5.74, 6) is -0.670. The van der Waals surface area contributed by atoms with Crippen LogP contribution in [0.1, 0.15) is 34.0 Å². The van der Waals surface area contributed by atoms with Gasteiger partial charge >= 0.3 is 5.97 Å². The summed E-state index contributed by atoms with van der Waals surface area (Å²) in [7, 11) is 1.95. The van der Waals surface area contributed by atoms with E-state index in [1.165, 1.54) is 16.9 Å². The molecule has 2 heterocycles. The number of ketones is 1. The first-order valence-electron chi connectivity index (χ1n) is 8.12. The number of likely N-dealkylation sites (N-methyl/N-ethyl adjacent to an activating group) is 1. The predicted octanol–water partition coefficient (Wildman–Crippen LogP) is 4.09. The van der Waals surface area contributed by atoms with Crippen molar-refractivity contribution < 1.29 is 14.3 Å². The molecular formula is C20H21NO3S. The van der Waals surface area contributed by atoms with Crippen LogP contribution >= 0.6 is 11.3 Å². The van der Waals surface area contributed by atoms with Gasteiger partial charge in [0.25, 0.3) is 0 Å². The molecule has 1 aliphatic heterocycles. The zero-order valence-corrected chi connectivity index (χ0v) is 15.6. The number of carbonyl (C=O) groups is 2. The van der Waals surface area contributed by atoms with Crippen molar-refractivity contribution in [1.29, 1.82) is 0 Å². The molecule has 5 heteroatoms. The maximum absolute atomic E-state index is 12.3. The highest BCUT2D eigenvalue weighted by Crippen LogP contribution is 2.46. The van der Waals surface area contributed by atoms with E-state index in [0.29, 0.717) is 4.88 Å². The molecule has 0 saturated heterocycles. The van der Waals surface area contributed by atoms with Crippen LogP contribution in [0.5, 0.6) is 0 Å². The highest BCUT2D eigenvalue weighted by atomic mass is 32.1. The van der Waals surface area contributed by atoms with Crippen LogP contribution in [0.2, 0.25) is 0 Å². The Kier molecular flexibility index (Phi) is 4.52. The third kappa shape index (κ3) is 3.24. The lowest BCUT2D eigenvalue weighted by Gasteiger charge is -2.23. The van der Waals surface area contributed by atoms with E-state index in [4.69, 9.17) is 4.74 Å². The Morgan fingerprint density at radius 2 is 1.92 bits per heavy atom. The van der Waals surface area contributed by atoms with Gasteiger partial charge in [0.2, 0.25) is 0 Å². The van der Waals surface area contributed by atoms with Gasteiger partial charge in [0.05, 0.1) is 0 Å². The second-order valence-electron chi connectivity index (χ2n) is 6.68. The number of aryl methyl sites for hydroxylation is 1. The highest BCUT2D eigenvalue weighted by Gasteiger charge is 2.38. The molecule has 4 nitrogen and oxygen atoms in total. The van der Waals surface area contributed by atoms with Crippen molar-refractivity contribution in [3.63, 3.8) is 0 Å². The maximum Gasteiger partial charge on any atom is 0.348 e. The van der Waals surface area contributed by atoms with Gasteiger partial charge in [-0.25, -0.2) is 4.79 Å². The molecule has 0 fully saturated rings. The summed E-state index contributed by atoms with van der Waals surface area (Å²) in [6.45, 7) is 5.86. The number of hydrogen-bond donors (Lipinski definition) is 0. The molecule has 1 aromatic carbocycles. The first-order chi connectivity index (χ1) is 11.8. The van der Waals surface area contributed by atoms with Crippen molar-refractivity contribution in [2.75, 3.05) is 18.6 Å². The van der Waals surface area contributed by atoms with E-state index >= 15 is 0 Å². The van der Waals surface area contributed by atoms with Crippen LogP contribution in [0.4, 0.5) is 5.69 Å². The van der Waals surface area contributed by atoms with Crippen LogP contribution < -0.4 is 4.90 Å². The molecule has 0 unspecified atom stereocenters. The minimum absolute atomic E-state index is 0.218. The van der Waals surface area contributed by atoms with Crippen molar-refractivity contribution in [2.24, 2.45) is 0 Å². The lowest BCUT2D eigenvalue weighted by molar-refractivity contribution is -0.117. The molecule has 1 aromatic heterocycles. The van der Waals surface area contributed by atoms with Crippen molar-refractivity contribution in [2.45, 2.75) is 26.2 Å². The average molecular weight is 355 g/mol. The number of ether oxygens (including phenoxy) is 1. The summed E-state index contributed by atoms with van der Waals surface area (Å²) < 4.78 is 5.15. The fraction of sp³-hybridized carbons (Fsp3) is 0.300. The van der Waals surface area contributed by atoms with Gasteiger partial charge in [-0.3, -0.25) is 4.79 Å². The summed E-state index contributed by atoms with van der Waals surface area (Å²) in [5, 5.41) is 0. The average Bonchev–Trinajstić information content (AvgIpc) is 3.09. The van der Waals surface area contributed by atoms with Gasteiger partial charge in [-0.05, 0) is 30.7 Å². The van der Waals surface area contributed by atoms with Crippen LogP contribution in [0.15, 0.2) is 48.2 Å². The van der Waals surface area contributed by atoms with E-state index in [1.54, 1.807) is 12.1 Å². The number of carbonyl (C=O) groups excluding carboxylic acids is 2. The fourth-order valence-electron chi connectivity index (χ4n) is 3.21. The largest absolute Gasteiger partial charge is 0.453 e. The van der Waals surface area contributed by atoms with Crippen LogP contribution in [0.3, 0.4) is 0 Å². The molecule has 0 aliphatic carbocycles. The molecule has 0 saturated carbocycles. The topological polar surface area (TPSA) is 46.6 Å². The van der Waals surface area contributed by atoms with Crippen molar-refractivity contribution in [3.05, 3.63) is 63.5 Å². The molecule has 2 aromatic rings. The van der Waals surface area contributed by atoms with Crippen LogP contribution in [0, 0.1) is 6.92 Å². The normalized spacial score (nSPS) is 16.8. The van der Waals surface area contributed by atoms with E-state index in [0.717, 1.165) is 16.3 Å². The van der Waals surface area contributed by atoms with E-state index in [1.807, 2.05) is 43.1 Å². The minimum Gasteiger partial charge on any atom is -0.453 e.